The summed E-state index contributed by atoms with van der Waals surface area (Å²) in [5, 5.41) is 20.0. The molecule has 0 aliphatic heterocycles. The van der Waals surface area contributed by atoms with Crippen molar-refractivity contribution in [3.8, 4) is 0 Å². The quantitative estimate of drug-likeness (QED) is 0.583. The maximum atomic E-state index is 11.3. The predicted molar refractivity (Wildman–Crippen MR) is 66.8 cm³/mol. The fourth-order valence-electron chi connectivity index (χ4n) is 1.78. The molecule has 8 heteroatoms. The minimum absolute atomic E-state index is 0.0502. The monoisotopic (exact) mass is 289 g/mol. The Balaban J connectivity index is 2.39. The van der Waals surface area contributed by atoms with Gasteiger partial charge in [-0.1, -0.05) is 0 Å². The Morgan fingerprint density at radius 2 is 2.05 bits per heavy atom. The first-order chi connectivity index (χ1) is 8.82. The topological polar surface area (TPSA) is 121 Å². The molecule has 7 nitrogen and oxygen atoms in total. The molecule has 0 bridgehead atoms. The highest BCUT2D eigenvalue weighted by molar-refractivity contribution is 7.99. The number of carbonyl (C=O) groups is 4. The van der Waals surface area contributed by atoms with Gasteiger partial charge in [0.05, 0.1) is 5.92 Å². The van der Waals surface area contributed by atoms with Crippen molar-refractivity contribution in [2.45, 2.75) is 19.4 Å². The standard InChI is InChI=1S/C11H15NO6S/c1-5(13)12-8(11(17)18)4-19-3-7-6(10(15)16)2-9(7)14/h6-8H,2-4H2,1H3,(H,12,13)(H,15,16)(H,17,18)/t6-,7+,8+/m1/s1. The summed E-state index contributed by atoms with van der Waals surface area (Å²) in [6, 6.07) is -1.03. The molecule has 106 valence electrons. The van der Waals surface area contributed by atoms with E-state index in [0.717, 1.165) is 11.8 Å². The van der Waals surface area contributed by atoms with Crippen LogP contribution in [0, 0.1) is 11.8 Å². The lowest BCUT2D eigenvalue weighted by Crippen LogP contribution is -2.44. The second-order valence-corrected chi connectivity index (χ2v) is 5.43. The Kier molecular flexibility index (Phi) is 5.34. The van der Waals surface area contributed by atoms with E-state index in [1.807, 2.05) is 0 Å². The van der Waals surface area contributed by atoms with Gasteiger partial charge in [-0.2, -0.15) is 11.8 Å². The average molecular weight is 289 g/mol. The first kappa shape index (κ1) is 15.5. The van der Waals surface area contributed by atoms with Crippen molar-refractivity contribution in [3.05, 3.63) is 0 Å². The third-order valence-corrected chi connectivity index (χ3v) is 4.06. The van der Waals surface area contributed by atoms with E-state index in [1.54, 1.807) is 0 Å². The Morgan fingerprint density at radius 3 is 2.47 bits per heavy atom. The van der Waals surface area contributed by atoms with Crippen LogP contribution in [0.15, 0.2) is 0 Å². The molecule has 3 N–H and O–H groups in total. The van der Waals surface area contributed by atoms with Crippen LogP contribution in [0.3, 0.4) is 0 Å². The number of amides is 1. The summed E-state index contributed by atoms with van der Waals surface area (Å²) >= 11 is 1.16. The zero-order valence-electron chi connectivity index (χ0n) is 10.3. The van der Waals surface area contributed by atoms with Crippen molar-refractivity contribution in [2.75, 3.05) is 11.5 Å². The molecule has 1 fully saturated rings. The molecule has 1 aliphatic carbocycles. The normalized spacial score (nSPS) is 23.3. The van der Waals surface area contributed by atoms with Gasteiger partial charge in [-0.25, -0.2) is 4.79 Å². The number of nitrogens with one attached hydrogen (secondary N) is 1. The van der Waals surface area contributed by atoms with E-state index in [2.05, 4.69) is 5.32 Å². The van der Waals surface area contributed by atoms with Crippen molar-refractivity contribution >= 4 is 35.4 Å². The smallest absolute Gasteiger partial charge is 0.327 e. The zero-order chi connectivity index (χ0) is 14.6. The van der Waals surface area contributed by atoms with Crippen LogP contribution in [-0.2, 0) is 19.2 Å². The molecule has 0 radical (unpaired) electrons. The van der Waals surface area contributed by atoms with Gasteiger partial charge >= 0.3 is 11.9 Å². The first-order valence-electron chi connectivity index (χ1n) is 5.66. The summed E-state index contributed by atoms with van der Waals surface area (Å²) in [5.41, 5.74) is 0. The Hall–Kier alpha value is -1.57. The van der Waals surface area contributed by atoms with Gasteiger partial charge in [0.1, 0.15) is 11.8 Å². The van der Waals surface area contributed by atoms with E-state index in [4.69, 9.17) is 10.2 Å². The number of aliphatic carboxylic acids is 2. The van der Waals surface area contributed by atoms with Gasteiger partial charge in [-0.05, 0) is 0 Å². The zero-order valence-corrected chi connectivity index (χ0v) is 11.1. The lowest BCUT2D eigenvalue weighted by atomic mass is 9.73. The van der Waals surface area contributed by atoms with Gasteiger partial charge < -0.3 is 15.5 Å². The molecule has 0 heterocycles. The second-order valence-electron chi connectivity index (χ2n) is 4.35. The molecule has 0 saturated heterocycles. The van der Waals surface area contributed by atoms with Crippen molar-refractivity contribution in [1.29, 1.82) is 0 Å². The van der Waals surface area contributed by atoms with Crippen LogP contribution in [0.25, 0.3) is 0 Å². The summed E-state index contributed by atoms with van der Waals surface area (Å²) in [6.45, 7) is 1.22. The number of rotatable bonds is 7. The number of hydrogen-bond acceptors (Lipinski definition) is 5. The van der Waals surface area contributed by atoms with Gasteiger partial charge in [-0.15, -0.1) is 0 Å². The van der Waals surface area contributed by atoms with Crippen molar-refractivity contribution in [2.24, 2.45) is 11.8 Å². The molecule has 0 unspecified atom stereocenters. The van der Waals surface area contributed by atoms with Gasteiger partial charge in [-0.3, -0.25) is 14.4 Å². The Labute approximate surface area is 113 Å². The largest absolute Gasteiger partial charge is 0.481 e. The van der Waals surface area contributed by atoms with Crippen molar-refractivity contribution < 1.29 is 29.4 Å². The molecule has 3 atom stereocenters. The number of ketones is 1. The third kappa shape index (κ3) is 4.23. The summed E-state index contributed by atoms with van der Waals surface area (Å²) in [5.74, 6) is -3.55. The number of carboxylic acid groups (broad SMARTS) is 2. The third-order valence-electron chi connectivity index (χ3n) is 2.90. The van der Waals surface area contributed by atoms with Gasteiger partial charge in [0, 0.05) is 30.8 Å². The van der Waals surface area contributed by atoms with E-state index in [9.17, 15) is 19.2 Å². The van der Waals surface area contributed by atoms with E-state index in [0.29, 0.717) is 0 Å². The minimum Gasteiger partial charge on any atom is -0.481 e. The minimum atomic E-state index is -1.16. The maximum absolute atomic E-state index is 11.3. The van der Waals surface area contributed by atoms with E-state index >= 15 is 0 Å². The molecule has 0 spiro atoms. The van der Waals surface area contributed by atoms with Crippen molar-refractivity contribution in [1.82, 2.24) is 5.32 Å². The Morgan fingerprint density at radius 1 is 1.42 bits per heavy atom. The second kappa shape index (κ2) is 6.55. The van der Waals surface area contributed by atoms with Crippen LogP contribution in [0.1, 0.15) is 13.3 Å². The summed E-state index contributed by atoms with van der Waals surface area (Å²) in [4.78, 5) is 43.7. The number of carboxylic acids is 2. The molecular formula is C11H15NO6S. The molecule has 19 heavy (non-hydrogen) atoms. The highest BCUT2D eigenvalue weighted by atomic mass is 32.2. The van der Waals surface area contributed by atoms with Crippen molar-refractivity contribution in [3.63, 3.8) is 0 Å². The van der Waals surface area contributed by atoms with Crippen LogP contribution in [0.2, 0.25) is 0 Å². The van der Waals surface area contributed by atoms with Crippen LogP contribution >= 0.6 is 11.8 Å². The number of hydrogen-bond donors (Lipinski definition) is 3. The predicted octanol–water partition coefficient (Wildman–Crippen LogP) is -0.401. The summed E-state index contributed by atoms with van der Waals surface area (Å²) in [7, 11) is 0. The lowest BCUT2D eigenvalue weighted by Gasteiger charge is -2.31. The molecule has 1 saturated carbocycles. The highest BCUT2D eigenvalue weighted by Crippen LogP contribution is 2.33. The molecule has 1 rings (SSSR count). The number of carbonyl (C=O) groups excluding carboxylic acids is 2. The number of Topliss-reactive ketones (excluding diaryl/α,β-unsaturated/α-hetero) is 1. The Bertz CT molecular complexity index is 400. The highest BCUT2D eigenvalue weighted by Gasteiger charge is 2.44. The molecular weight excluding hydrogens is 274 g/mol. The first-order valence-corrected chi connectivity index (χ1v) is 6.81. The maximum Gasteiger partial charge on any atom is 0.327 e. The fraction of sp³-hybridized carbons (Fsp3) is 0.636. The van der Waals surface area contributed by atoms with Crippen LogP contribution < -0.4 is 5.32 Å². The molecule has 1 amide bonds. The SMILES string of the molecule is CC(=O)N[C@@H](CSC[C@@H]1C(=O)C[C@H]1C(=O)O)C(=O)O. The van der Waals surface area contributed by atoms with E-state index < -0.39 is 35.7 Å². The summed E-state index contributed by atoms with van der Waals surface area (Å²) < 4.78 is 0. The van der Waals surface area contributed by atoms with Crippen LogP contribution in [-0.4, -0.2) is 51.4 Å². The molecule has 0 aromatic rings. The summed E-state index contributed by atoms with van der Waals surface area (Å²) in [6.07, 6.45) is 0.0502. The van der Waals surface area contributed by atoms with Gasteiger partial charge in [0.2, 0.25) is 5.91 Å². The average Bonchev–Trinajstić information content (AvgIpc) is 2.28. The molecule has 1 aliphatic rings. The van der Waals surface area contributed by atoms with Gasteiger partial charge in [0.25, 0.3) is 0 Å². The van der Waals surface area contributed by atoms with Crippen LogP contribution in [0.4, 0.5) is 0 Å². The lowest BCUT2D eigenvalue weighted by molar-refractivity contribution is -0.154. The van der Waals surface area contributed by atoms with E-state index in [1.165, 1.54) is 6.92 Å². The van der Waals surface area contributed by atoms with Crippen LogP contribution in [0.5, 0.6) is 0 Å². The molecule has 0 aromatic carbocycles. The van der Waals surface area contributed by atoms with E-state index in [-0.39, 0.29) is 23.7 Å². The fourth-order valence-corrected chi connectivity index (χ4v) is 3.05. The number of thioether (sulfide) groups is 1. The molecule has 0 aromatic heterocycles. The van der Waals surface area contributed by atoms with Gasteiger partial charge in [0.15, 0.2) is 0 Å².